The van der Waals surface area contributed by atoms with E-state index < -0.39 is 0 Å². The summed E-state index contributed by atoms with van der Waals surface area (Å²) in [4.78, 5) is 0. The molecule has 0 heterocycles. The van der Waals surface area contributed by atoms with Crippen molar-refractivity contribution in [2.24, 2.45) is 5.92 Å². The molecular weight excluding hydrogens is 312 g/mol. The number of aryl methyl sites for hydroxylation is 1. The molecule has 0 amide bonds. The van der Waals surface area contributed by atoms with Crippen LogP contribution in [0.1, 0.15) is 43.7 Å². The molecule has 3 heteroatoms. The zero-order valence-electron chi connectivity index (χ0n) is 15.1. The van der Waals surface area contributed by atoms with Gasteiger partial charge >= 0.3 is 0 Å². The number of aliphatic hydroxyl groups is 2. The van der Waals surface area contributed by atoms with Gasteiger partial charge in [-0.1, -0.05) is 55.8 Å². The molecule has 0 radical (unpaired) electrons. The summed E-state index contributed by atoms with van der Waals surface area (Å²) in [5, 5.41) is 19.0. The monoisotopic (exact) mass is 342 g/mol. The largest absolute Gasteiger partial charge is 0.489 e. The third-order valence-corrected chi connectivity index (χ3v) is 4.60. The number of unbranched alkanes of at least 4 members (excludes halogenated alkanes) is 1. The second kappa shape index (κ2) is 10.9. The van der Waals surface area contributed by atoms with Gasteiger partial charge in [-0.2, -0.15) is 0 Å². The van der Waals surface area contributed by atoms with Crippen LogP contribution in [0.5, 0.6) is 5.75 Å². The molecule has 0 aliphatic rings. The van der Waals surface area contributed by atoms with Gasteiger partial charge in [-0.15, -0.1) is 0 Å². The van der Waals surface area contributed by atoms with Gasteiger partial charge in [-0.05, 0) is 54.9 Å². The van der Waals surface area contributed by atoms with E-state index in [9.17, 15) is 5.11 Å². The van der Waals surface area contributed by atoms with E-state index in [1.807, 2.05) is 37.3 Å². The zero-order valence-corrected chi connectivity index (χ0v) is 15.1. The Labute approximate surface area is 151 Å². The fourth-order valence-corrected chi connectivity index (χ4v) is 2.89. The minimum Gasteiger partial charge on any atom is -0.489 e. The average Bonchev–Trinajstić information content (AvgIpc) is 2.65. The molecule has 0 aliphatic carbocycles. The van der Waals surface area contributed by atoms with Crippen LogP contribution in [0, 0.1) is 5.92 Å². The van der Waals surface area contributed by atoms with E-state index in [0.717, 1.165) is 31.4 Å². The van der Waals surface area contributed by atoms with Gasteiger partial charge in [0.25, 0.3) is 0 Å². The molecule has 2 aromatic carbocycles. The molecule has 2 atom stereocenters. The summed E-state index contributed by atoms with van der Waals surface area (Å²) >= 11 is 0. The lowest BCUT2D eigenvalue weighted by Gasteiger charge is -2.17. The zero-order chi connectivity index (χ0) is 17.9. The molecule has 0 saturated carbocycles. The molecule has 0 bridgehead atoms. The van der Waals surface area contributed by atoms with Crippen LogP contribution in [0.4, 0.5) is 0 Å². The molecule has 0 spiro atoms. The Morgan fingerprint density at radius 2 is 1.68 bits per heavy atom. The summed E-state index contributed by atoms with van der Waals surface area (Å²) in [5.74, 6) is 1.07. The first-order valence-corrected chi connectivity index (χ1v) is 9.23. The van der Waals surface area contributed by atoms with E-state index in [1.165, 1.54) is 11.1 Å². The number of hydrogen-bond acceptors (Lipinski definition) is 3. The Bertz CT molecular complexity index is 597. The molecule has 3 nitrogen and oxygen atoms in total. The standard InChI is InChI=1S/C22H30O3/c1-18(14-15-23)22(24)13-6-5-8-19-11-7-12-21(16-19)25-17-20-9-3-2-4-10-20/h2-4,7,9-12,16,18,22-24H,5-6,8,13-15,17H2,1H3/t18?,22-/m1/s1. The SMILES string of the molecule is CC(CCO)[C@H](O)CCCCc1cccc(OCc2ccccc2)c1. The van der Waals surface area contributed by atoms with Crippen molar-refractivity contribution in [2.75, 3.05) is 6.61 Å². The molecular formula is C22H30O3. The van der Waals surface area contributed by atoms with Crippen molar-refractivity contribution in [3.63, 3.8) is 0 Å². The van der Waals surface area contributed by atoms with Crippen LogP contribution < -0.4 is 4.74 Å². The van der Waals surface area contributed by atoms with Crippen molar-refractivity contribution in [3.8, 4) is 5.75 Å². The first-order valence-electron chi connectivity index (χ1n) is 9.23. The van der Waals surface area contributed by atoms with Crippen molar-refractivity contribution in [1.82, 2.24) is 0 Å². The Kier molecular flexibility index (Phi) is 8.50. The van der Waals surface area contributed by atoms with Crippen molar-refractivity contribution >= 4 is 0 Å². The van der Waals surface area contributed by atoms with Gasteiger partial charge in [0.15, 0.2) is 0 Å². The Morgan fingerprint density at radius 3 is 2.44 bits per heavy atom. The maximum atomic E-state index is 10.0. The number of hydrogen-bond donors (Lipinski definition) is 2. The van der Waals surface area contributed by atoms with Gasteiger partial charge in [0.2, 0.25) is 0 Å². The quantitative estimate of drug-likeness (QED) is 0.597. The first-order chi connectivity index (χ1) is 12.2. The topological polar surface area (TPSA) is 49.7 Å². The minimum absolute atomic E-state index is 0.147. The smallest absolute Gasteiger partial charge is 0.120 e. The van der Waals surface area contributed by atoms with Gasteiger partial charge in [-0.25, -0.2) is 0 Å². The number of aliphatic hydroxyl groups excluding tert-OH is 2. The molecule has 2 aromatic rings. The Hall–Kier alpha value is -1.84. The summed E-state index contributed by atoms with van der Waals surface area (Å²) < 4.78 is 5.87. The van der Waals surface area contributed by atoms with Crippen molar-refractivity contribution in [1.29, 1.82) is 0 Å². The lowest BCUT2D eigenvalue weighted by Crippen LogP contribution is -2.18. The molecule has 2 rings (SSSR count). The van der Waals surface area contributed by atoms with E-state index >= 15 is 0 Å². The van der Waals surface area contributed by atoms with Gasteiger partial charge in [0, 0.05) is 6.61 Å². The van der Waals surface area contributed by atoms with Gasteiger partial charge < -0.3 is 14.9 Å². The van der Waals surface area contributed by atoms with Gasteiger partial charge in [-0.3, -0.25) is 0 Å². The van der Waals surface area contributed by atoms with Crippen LogP contribution in [0.25, 0.3) is 0 Å². The second-order valence-electron chi connectivity index (χ2n) is 6.72. The van der Waals surface area contributed by atoms with Gasteiger partial charge in [0.1, 0.15) is 12.4 Å². The van der Waals surface area contributed by atoms with Crippen LogP contribution in [0.15, 0.2) is 54.6 Å². The van der Waals surface area contributed by atoms with Crippen molar-refractivity contribution < 1.29 is 14.9 Å². The number of rotatable bonds is 11. The summed E-state index contributed by atoms with van der Waals surface area (Å²) in [6.07, 6.45) is 4.18. The van der Waals surface area contributed by atoms with E-state index in [2.05, 4.69) is 24.3 Å². The molecule has 136 valence electrons. The fraction of sp³-hybridized carbons (Fsp3) is 0.455. The number of benzene rings is 2. The van der Waals surface area contributed by atoms with E-state index in [1.54, 1.807) is 0 Å². The summed E-state index contributed by atoms with van der Waals surface area (Å²) in [7, 11) is 0. The van der Waals surface area contributed by atoms with Crippen LogP contribution in [0.2, 0.25) is 0 Å². The Morgan fingerprint density at radius 1 is 0.920 bits per heavy atom. The second-order valence-corrected chi connectivity index (χ2v) is 6.72. The lowest BCUT2D eigenvalue weighted by molar-refractivity contribution is 0.0886. The van der Waals surface area contributed by atoms with E-state index in [0.29, 0.717) is 13.0 Å². The van der Waals surface area contributed by atoms with Crippen molar-refractivity contribution in [2.45, 2.75) is 51.7 Å². The summed E-state index contributed by atoms with van der Waals surface area (Å²) in [6, 6.07) is 18.4. The molecule has 0 fully saturated rings. The van der Waals surface area contributed by atoms with Crippen LogP contribution >= 0.6 is 0 Å². The highest BCUT2D eigenvalue weighted by atomic mass is 16.5. The highest BCUT2D eigenvalue weighted by Crippen LogP contribution is 2.19. The first kappa shape index (κ1) is 19.5. The highest BCUT2D eigenvalue weighted by molar-refractivity contribution is 5.29. The molecule has 1 unspecified atom stereocenters. The maximum absolute atomic E-state index is 10.0. The molecule has 0 aliphatic heterocycles. The lowest BCUT2D eigenvalue weighted by atomic mass is 9.96. The van der Waals surface area contributed by atoms with Crippen molar-refractivity contribution in [3.05, 3.63) is 65.7 Å². The summed E-state index contributed by atoms with van der Waals surface area (Å²) in [5.41, 5.74) is 2.43. The average molecular weight is 342 g/mol. The highest BCUT2D eigenvalue weighted by Gasteiger charge is 2.12. The van der Waals surface area contributed by atoms with Crippen LogP contribution in [-0.2, 0) is 13.0 Å². The predicted octanol–water partition coefficient (Wildman–Crippen LogP) is 4.36. The minimum atomic E-state index is -0.312. The van der Waals surface area contributed by atoms with E-state index in [4.69, 9.17) is 9.84 Å². The fourth-order valence-electron chi connectivity index (χ4n) is 2.89. The predicted molar refractivity (Wildman–Crippen MR) is 102 cm³/mol. The maximum Gasteiger partial charge on any atom is 0.120 e. The van der Waals surface area contributed by atoms with Gasteiger partial charge in [0.05, 0.1) is 6.10 Å². The van der Waals surface area contributed by atoms with E-state index in [-0.39, 0.29) is 18.6 Å². The molecule has 0 saturated heterocycles. The molecule has 0 aromatic heterocycles. The summed E-state index contributed by atoms with van der Waals surface area (Å²) in [6.45, 7) is 2.72. The molecule has 25 heavy (non-hydrogen) atoms. The molecule has 2 N–H and O–H groups in total. The number of ether oxygens (including phenoxy) is 1. The third-order valence-electron chi connectivity index (χ3n) is 4.60. The van der Waals surface area contributed by atoms with Crippen LogP contribution in [-0.4, -0.2) is 22.9 Å². The Balaban J connectivity index is 1.72. The third kappa shape index (κ3) is 7.29. The normalized spacial score (nSPS) is 13.4. The van der Waals surface area contributed by atoms with Crippen LogP contribution in [0.3, 0.4) is 0 Å².